The van der Waals surface area contributed by atoms with E-state index in [1.165, 1.54) is 0 Å². The highest BCUT2D eigenvalue weighted by Crippen LogP contribution is 2.21. The Hall–Kier alpha value is -1.17. The smallest absolute Gasteiger partial charge is 0.216 e. The number of nitrogens with one attached hydrogen (secondary N) is 1. The van der Waals surface area contributed by atoms with Crippen molar-refractivity contribution in [2.45, 2.75) is 13.3 Å². The monoisotopic (exact) mass is 300 g/mol. The lowest BCUT2D eigenvalue weighted by Crippen LogP contribution is -1.97. The van der Waals surface area contributed by atoms with Crippen molar-refractivity contribution in [1.29, 1.82) is 0 Å². The van der Waals surface area contributed by atoms with Crippen molar-refractivity contribution in [3.05, 3.63) is 44.4 Å². The number of nitrogens with zero attached hydrogens (tertiary/aromatic N) is 3. The van der Waals surface area contributed by atoms with Crippen LogP contribution in [0.4, 0.5) is 0 Å². The summed E-state index contributed by atoms with van der Waals surface area (Å²) in [5.41, 5.74) is 0.842. The summed E-state index contributed by atoms with van der Waals surface area (Å²) in [7, 11) is 0. The third-order valence-corrected chi connectivity index (χ3v) is 3.30. The summed E-state index contributed by atoms with van der Waals surface area (Å²) in [6, 6.07) is 5.29. The van der Waals surface area contributed by atoms with Gasteiger partial charge in [0.25, 0.3) is 0 Å². The molecule has 1 heterocycles. The Morgan fingerprint density at radius 1 is 1.44 bits per heavy atom. The first-order chi connectivity index (χ1) is 8.61. The van der Waals surface area contributed by atoms with Crippen molar-refractivity contribution in [3.8, 4) is 0 Å². The molecule has 0 aliphatic carbocycles. The standard InChI is InChI=1S/C11H10Cl2N4S/c1-2-10-15-16-11(18)17(10)14-6-7-3-4-8(12)9(13)5-7/h3-6H,2H2,1H3,(H,16,18). The SMILES string of the molecule is CCc1n[nH]c(=S)n1N=Cc1ccc(Cl)c(Cl)c1. The van der Waals surface area contributed by atoms with E-state index in [2.05, 4.69) is 15.3 Å². The second-order valence-electron chi connectivity index (χ2n) is 3.53. The molecule has 0 aliphatic rings. The molecule has 1 aromatic carbocycles. The summed E-state index contributed by atoms with van der Waals surface area (Å²) in [4.78, 5) is 0. The number of benzene rings is 1. The highest BCUT2D eigenvalue weighted by molar-refractivity contribution is 7.71. The van der Waals surface area contributed by atoms with Gasteiger partial charge in [-0.2, -0.15) is 14.9 Å². The van der Waals surface area contributed by atoms with E-state index in [4.69, 9.17) is 35.4 Å². The molecule has 0 atom stereocenters. The van der Waals surface area contributed by atoms with E-state index in [0.717, 1.165) is 17.8 Å². The molecule has 1 N–H and O–H groups in total. The van der Waals surface area contributed by atoms with Gasteiger partial charge < -0.3 is 0 Å². The first-order valence-corrected chi connectivity index (χ1v) is 6.44. The molecular weight excluding hydrogens is 291 g/mol. The Balaban J connectivity index is 2.32. The lowest BCUT2D eigenvalue weighted by molar-refractivity contribution is 0.780. The van der Waals surface area contributed by atoms with Crippen LogP contribution in [0, 0.1) is 4.77 Å². The fourth-order valence-corrected chi connectivity index (χ4v) is 1.89. The fraction of sp³-hybridized carbons (Fsp3) is 0.182. The van der Waals surface area contributed by atoms with Gasteiger partial charge in [0, 0.05) is 6.42 Å². The van der Waals surface area contributed by atoms with Crippen molar-refractivity contribution in [2.24, 2.45) is 5.10 Å². The summed E-state index contributed by atoms with van der Waals surface area (Å²) in [6.07, 6.45) is 2.40. The summed E-state index contributed by atoms with van der Waals surface area (Å²) < 4.78 is 2.04. The van der Waals surface area contributed by atoms with E-state index in [9.17, 15) is 0 Å². The highest BCUT2D eigenvalue weighted by atomic mass is 35.5. The molecule has 0 amide bonds. The maximum Gasteiger partial charge on any atom is 0.216 e. The topological polar surface area (TPSA) is 46.0 Å². The molecule has 18 heavy (non-hydrogen) atoms. The van der Waals surface area contributed by atoms with Crippen LogP contribution in [0.15, 0.2) is 23.3 Å². The molecule has 1 aromatic heterocycles. The van der Waals surface area contributed by atoms with Gasteiger partial charge in [-0.15, -0.1) is 0 Å². The zero-order chi connectivity index (χ0) is 13.1. The van der Waals surface area contributed by atoms with Gasteiger partial charge in [-0.1, -0.05) is 36.2 Å². The molecule has 94 valence electrons. The number of rotatable bonds is 3. The van der Waals surface area contributed by atoms with Crippen LogP contribution < -0.4 is 0 Å². The summed E-state index contributed by atoms with van der Waals surface area (Å²) in [6.45, 7) is 1.98. The van der Waals surface area contributed by atoms with E-state index in [0.29, 0.717) is 14.8 Å². The van der Waals surface area contributed by atoms with Crippen LogP contribution in [-0.2, 0) is 6.42 Å². The van der Waals surface area contributed by atoms with Crippen molar-refractivity contribution in [2.75, 3.05) is 0 Å². The van der Waals surface area contributed by atoms with E-state index in [1.807, 2.05) is 13.0 Å². The Morgan fingerprint density at radius 2 is 2.22 bits per heavy atom. The predicted molar refractivity (Wildman–Crippen MR) is 76.2 cm³/mol. The number of aryl methyl sites for hydroxylation is 1. The summed E-state index contributed by atoms with van der Waals surface area (Å²) in [5.74, 6) is 0.774. The molecule has 0 saturated heterocycles. The molecule has 0 bridgehead atoms. The second kappa shape index (κ2) is 5.65. The minimum atomic E-state index is 0.461. The number of H-pyrrole nitrogens is 1. The maximum atomic E-state index is 5.92. The molecule has 7 heteroatoms. The molecule has 0 aliphatic heterocycles. The van der Waals surface area contributed by atoms with Crippen LogP contribution in [0.5, 0.6) is 0 Å². The van der Waals surface area contributed by atoms with Gasteiger partial charge in [-0.3, -0.25) is 5.10 Å². The Bertz CT molecular complexity index is 645. The molecule has 0 fully saturated rings. The second-order valence-corrected chi connectivity index (χ2v) is 4.73. The minimum Gasteiger partial charge on any atom is -0.250 e. The van der Waals surface area contributed by atoms with Crippen LogP contribution >= 0.6 is 35.4 Å². The van der Waals surface area contributed by atoms with Crippen LogP contribution in [0.2, 0.25) is 10.0 Å². The Kier molecular flexibility index (Phi) is 4.16. The molecular formula is C11H10Cl2N4S. The lowest BCUT2D eigenvalue weighted by Gasteiger charge is -1.98. The number of aromatic nitrogens is 3. The molecule has 0 spiro atoms. The van der Waals surface area contributed by atoms with Crippen molar-refractivity contribution >= 4 is 41.6 Å². The average molecular weight is 301 g/mol. The first-order valence-electron chi connectivity index (χ1n) is 5.27. The highest BCUT2D eigenvalue weighted by Gasteiger charge is 2.02. The van der Waals surface area contributed by atoms with Crippen LogP contribution in [0.1, 0.15) is 18.3 Å². The molecule has 0 unspecified atom stereocenters. The van der Waals surface area contributed by atoms with Gasteiger partial charge in [0.15, 0.2) is 5.82 Å². The summed E-state index contributed by atoms with van der Waals surface area (Å²) >= 11 is 16.8. The number of hydrogen-bond acceptors (Lipinski definition) is 3. The zero-order valence-corrected chi connectivity index (χ0v) is 11.9. The van der Waals surface area contributed by atoms with Gasteiger partial charge in [0.1, 0.15) is 0 Å². The van der Waals surface area contributed by atoms with Gasteiger partial charge >= 0.3 is 0 Å². The number of halogens is 2. The van der Waals surface area contributed by atoms with Crippen LogP contribution in [-0.4, -0.2) is 21.1 Å². The van der Waals surface area contributed by atoms with Crippen molar-refractivity contribution in [1.82, 2.24) is 14.9 Å². The quantitative estimate of drug-likeness (QED) is 0.694. The maximum absolute atomic E-state index is 5.92. The third kappa shape index (κ3) is 2.80. The van der Waals surface area contributed by atoms with Crippen LogP contribution in [0.3, 0.4) is 0 Å². The van der Waals surface area contributed by atoms with Gasteiger partial charge in [-0.25, -0.2) is 0 Å². The normalized spacial score (nSPS) is 11.3. The van der Waals surface area contributed by atoms with E-state index in [-0.39, 0.29) is 0 Å². The first kappa shape index (κ1) is 13.3. The largest absolute Gasteiger partial charge is 0.250 e. The number of aromatic amines is 1. The Morgan fingerprint density at radius 3 is 2.89 bits per heavy atom. The zero-order valence-electron chi connectivity index (χ0n) is 9.52. The molecule has 0 saturated carbocycles. The van der Waals surface area contributed by atoms with Crippen molar-refractivity contribution in [3.63, 3.8) is 0 Å². The fourth-order valence-electron chi connectivity index (χ4n) is 1.39. The van der Waals surface area contributed by atoms with Gasteiger partial charge in [-0.05, 0) is 29.9 Å². The summed E-state index contributed by atoms with van der Waals surface area (Å²) in [5, 5.41) is 12.0. The average Bonchev–Trinajstić information content (AvgIpc) is 2.71. The molecule has 2 rings (SSSR count). The Labute approximate surface area is 119 Å². The van der Waals surface area contributed by atoms with Crippen molar-refractivity contribution < 1.29 is 0 Å². The molecule has 4 nitrogen and oxygen atoms in total. The molecule has 0 radical (unpaired) electrons. The third-order valence-electron chi connectivity index (χ3n) is 2.30. The van der Waals surface area contributed by atoms with E-state index in [1.54, 1.807) is 23.0 Å². The van der Waals surface area contributed by atoms with E-state index < -0.39 is 0 Å². The van der Waals surface area contributed by atoms with Gasteiger partial charge in [0.2, 0.25) is 4.77 Å². The predicted octanol–water partition coefficient (Wildman–Crippen LogP) is 3.69. The lowest BCUT2D eigenvalue weighted by atomic mass is 10.2. The van der Waals surface area contributed by atoms with Crippen LogP contribution in [0.25, 0.3) is 0 Å². The van der Waals surface area contributed by atoms with E-state index >= 15 is 0 Å². The van der Waals surface area contributed by atoms with Gasteiger partial charge in [0.05, 0.1) is 16.3 Å². The molecule has 2 aromatic rings. The number of hydrogen-bond donors (Lipinski definition) is 1. The minimum absolute atomic E-state index is 0.461.